The topological polar surface area (TPSA) is 112 Å². The highest BCUT2D eigenvalue weighted by molar-refractivity contribution is 6.30. The first-order valence-corrected chi connectivity index (χ1v) is 10.6. The molecule has 33 heavy (non-hydrogen) atoms. The minimum atomic E-state index is -0.279. The zero-order valence-electron chi connectivity index (χ0n) is 17.7. The first-order valence-electron chi connectivity index (χ1n) is 10.2. The molecule has 0 bridgehead atoms. The van der Waals surface area contributed by atoms with Crippen molar-refractivity contribution in [3.8, 4) is 0 Å². The van der Waals surface area contributed by atoms with E-state index in [1.54, 1.807) is 30.6 Å². The number of halogens is 1. The van der Waals surface area contributed by atoms with Crippen LogP contribution in [0.1, 0.15) is 28.5 Å². The summed E-state index contributed by atoms with van der Waals surface area (Å²) in [4.78, 5) is 42.6. The number of rotatable bonds is 6. The van der Waals surface area contributed by atoms with Crippen molar-refractivity contribution in [2.45, 2.75) is 18.9 Å². The molecule has 1 N–H and O–H groups in total. The third-order valence-electron chi connectivity index (χ3n) is 5.53. The maximum atomic E-state index is 13.4. The van der Waals surface area contributed by atoms with Crippen LogP contribution in [0.3, 0.4) is 0 Å². The van der Waals surface area contributed by atoms with Gasteiger partial charge in [-0.3, -0.25) is 19.6 Å². The number of carbonyl (C=O) groups excluding carboxylic acids is 2. The van der Waals surface area contributed by atoms with Crippen molar-refractivity contribution in [2.75, 3.05) is 18.5 Å². The number of nitrogens with zero attached hydrogens (tertiary/aromatic N) is 5. The van der Waals surface area contributed by atoms with Crippen molar-refractivity contribution < 1.29 is 14.3 Å². The second-order valence-corrected chi connectivity index (χ2v) is 8.58. The molecular formula is C23H19ClN6O3. The van der Waals surface area contributed by atoms with E-state index >= 15 is 0 Å². The van der Waals surface area contributed by atoms with Crippen molar-refractivity contribution in [3.63, 3.8) is 0 Å². The molecule has 0 radical (unpaired) electrons. The van der Waals surface area contributed by atoms with E-state index in [2.05, 4.69) is 32.2 Å². The third-order valence-corrected chi connectivity index (χ3v) is 5.76. The summed E-state index contributed by atoms with van der Waals surface area (Å²) >= 11 is 5.83. The largest absolute Gasteiger partial charge is 0.376 e. The Morgan fingerprint density at radius 1 is 1.15 bits per heavy atom. The number of carbonyl (C=O) groups is 2. The minimum absolute atomic E-state index is 0.0703. The Hall–Kier alpha value is -3.69. The number of hydrogen-bond acceptors (Lipinski definition) is 7. The van der Waals surface area contributed by atoms with Crippen LogP contribution in [0.25, 0.3) is 11.0 Å². The Bertz CT molecular complexity index is 1360. The predicted molar refractivity (Wildman–Crippen MR) is 121 cm³/mol. The van der Waals surface area contributed by atoms with Crippen LogP contribution in [-0.4, -0.2) is 49.4 Å². The molecule has 0 saturated carbocycles. The Kier molecular flexibility index (Phi) is 5.35. The van der Waals surface area contributed by atoms with E-state index in [1.165, 1.54) is 24.9 Å². The maximum absolute atomic E-state index is 13.4. The lowest BCUT2D eigenvalue weighted by Crippen LogP contribution is -2.48. The summed E-state index contributed by atoms with van der Waals surface area (Å²) < 4.78 is 7.36. The fourth-order valence-electron chi connectivity index (χ4n) is 3.76. The van der Waals surface area contributed by atoms with Gasteiger partial charge in [-0.25, -0.2) is 9.97 Å². The van der Waals surface area contributed by atoms with Crippen LogP contribution >= 0.6 is 11.6 Å². The summed E-state index contributed by atoms with van der Waals surface area (Å²) in [5.74, 6) is -0.514. The van der Waals surface area contributed by atoms with Crippen LogP contribution in [0.2, 0.25) is 5.02 Å². The van der Waals surface area contributed by atoms with Gasteiger partial charge in [0.25, 0.3) is 0 Å². The van der Waals surface area contributed by atoms with Crippen molar-refractivity contribution in [3.05, 3.63) is 77.4 Å². The first kappa shape index (κ1) is 21.2. The van der Waals surface area contributed by atoms with Crippen LogP contribution in [-0.2, 0) is 21.5 Å². The van der Waals surface area contributed by atoms with Crippen molar-refractivity contribution >= 4 is 40.0 Å². The lowest BCUT2D eigenvalue weighted by Gasteiger charge is -2.39. The molecule has 5 rings (SSSR count). The molecule has 4 aromatic heterocycles. The molecule has 0 aromatic carbocycles. The number of amides is 1. The van der Waals surface area contributed by atoms with Crippen LogP contribution in [0.4, 0.5) is 5.69 Å². The highest BCUT2D eigenvalue weighted by Gasteiger charge is 2.37. The number of ketones is 1. The predicted octanol–water partition coefficient (Wildman–Crippen LogP) is 3.03. The molecule has 1 amide bonds. The van der Waals surface area contributed by atoms with Gasteiger partial charge >= 0.3 is 0 Å². The molecule has 9 nitrogen and oxygen atoms in total. The smallest absolute Gasteiger partial charge is 0.230 e. The molecule has 1 saturated heterocycles. The molecule has 10 heteroatoms. The quantitative estimate of drug-likeness (QED) is 0.438. The third kappa shape index (κ3) is 4.08. The number of fused-ring (bicyclic) bond motifs is 1. The van der Waals surface area contributed by atoms with Crippen molar-refractivity contribution in [1.82, 2.24) is 24.5 Å². The standard InChI is InChI=1S/C23H19ClN6O3/c1-23(11-33-12-23)30-10-19(18-9-26-13-28-22(18)30)21(32)14-4-17(8-25-6-14)29-20(31)5-16-3-2-15(24)7-27-16/h2-4,6-10,13H,5,11-12H2,1H3,(H,29,31). The molecule has 0 aliphatic carbocycles. The molecule has 0 unspecified atom stereocenters. The Labute approximate surface area is 193 Å². The number of aromatic nitrogens is 5. The molecule has 1 aliphatic heterocycles. The van der Waals surface area contributed by atoms with Crippen LogP contribution in [0, 0.1) is 0 Å². The van der Waals surface area contributed by atoms with E-state index < -0.39 is 0 Å². The summed E-state index contributed by atoms with van der Waals surface area (Å²) in [5.41, 5.74) is 2.21. The van der Waals surface area contributed by atoms with Gasteiger partial charge in [0.05, 0.1) is 47.6 Å². The zero-order chi connectivity index (χ0) is 23.0. The molecule has 0 spiro atoms. The molecule has 166 valence electrons. The second-order valence-electron chi connectivity index (χ2n) is 8.15. The van der Waals surface area contributed by atoms with Crippen LogP contribution < -0.4 is 5.32 Å². The number of anilines is 1. The number of nitrogens with one attached hydrogen (secondary N) is 1. The lowest BCUT2D eigenvalue weighted by molar-refractivity contribution is -0.115. The Morgan fingerprint density at radius 2 is 2.00 bits per heavy atom. The summed E-state index contributed by atoms with van der Waals surface area (Å²) in [5, 5.41) is 3.92. The summed E-state index contributed by atoms with van der Waals surface area (Å²) in [6.45, 7) is 3.14. The van der Waals surface area contributed by atoms with Gasteiger partial charge in [0, 0.05) is 41.4 Å². The molecule has 0 atom stereocenters. The Morgan fingerprint density at radius 3 is 2.73 bits per heavy atom. The molecular weight excluding hydrogens is 444 g/mol. The monoisotopic (exact) mass is 462 g/mol. The first-order chi connectivity index (χ1) is 15.9. The lowest BCUT2D eigenvalue weighted by atomic mass is 10.0. The van der Waals surface area contributed by atoms with E-state index in [4.69, 9.17) is 16.3 Å². The molecule has 1 fully saturated rings. The van der Waals surface area contributed by atoms with Crippen LogP contribution in [0.15, 0.2) is 55.5 Å². The fourth-order valence-corrected chi connectivity index (χ4v) is 3.87. The van der Waals surface area contributed by atoms with Gasteiger partial charge in [-0.05, 0) is 25.1 Å². The van der Waals surface area contributed by atoms with E-state index in [9.17, 15) is 9.59 Å². The average Bonchev–Trinajstić information content (AvgIpc) is 3.19. The van der Waals surface area contributed by atoms with E-state index in [0.717, 1.165) is 0 Å². The zero-order valence-corrected chi connectivity index (χ0v) is 18.4. The van der Waals surface area contributed by atoms with Crippen molar-refractivity contribution in [2.24, 2.45) is 0 Å². The SMILES string of the molecule is CC1(n2cc(C(=O)c3cncc(NC(=O)Cc4ccc(Cl)cn4)c3)c3cncnc32)COC1. The molecule has 4 aromatic rings. The van der Waals surface area contributed by atoms with Crippen LogP contribution in [0.5, 0.6) is 0 Å². The maximum Gasteiger partial charge on any atom is 0.230 e. The van der Waals surface area contributed by atoms with E-state index in [-0.39, 0.29) is 23.7 Å². The van der Waals surface area contributed by atoms with Gasteiger partial charge in [0.15, 0.2) is 5.78 Å². The highest BCUT2D eigenvalue weighted by Crippen LogP contribution is 2.32. The number of hydrogen-bond donors (Lipinski definition) is 1. The van der Waals surface area contributed by atoms with Gasteiger partial charge in [-0.15, -0.1) is 0 Å². The molecule has 5 heterocycles. The second kappa shape index (κ2) is 8.34. The highest BCUT2D eigenvalue weighted by atomic mass is 35.5. The molecule has 1 aliphatic rings. The minimum Gasteiger partial charge on any atom is -0.376 e. The van der Waals surface area contributed by atoms with Crippen molar-refractivity contribution in [1.29, 1.82) is 0 Å². The summed E-state index contributed by atoms with van der Waals surface area (Å²) in [6.07, 6.45) is 9.41. The normalized spacial score (nSPS) is 14.6. The van der Waals surface area contributed by atoms with Gasteiger partial charge in [-0.2, -0.15) is 0 Å². The summed E-state index contributed by atoms with van der Waals surface area (Å²) in [7, 11) is 0. The Balaban J connectivity index is 1.40. The summed E-state index contributed by atoms with van der Waals surface area (Å²) in [6, 6.07) is 4.96. The van der Waals surface area contributed by atoms with E-state index in [1.807, 2.05) is 4.57 Å². The van der Waals surface area contributed by atoms with Gasteiger partial charge in [0.2, 0.25) is 5.91 Å². The number of pyridine rings is 2. The number of ether oxygens (including phenoxy) is 1. The van der Waals surface area contributed by atoms with E-state index in [0.29, 0.717) is 51.8 Å². The van der Waals surface area contributed by atoms with Gasteiger partial charge < -0.3 is 14.6 Å². The fraction of sp³-hybridized carbons (Fsp3) is 0.217. The van der Waals surface area contributed by atoms with Gasteiger partial charge in [0.1, 0.15) is 12.0 Å². The van der Waals surface area contributed by atoms with Gasteiger partial charge in [-0.1, -0.05) is 11.6 Å². The average molecular weight is 463 g/mol.